The van der Waals surface area contributed by atoms with Crippen LogP contribution in [0.25, 0.3) is 0 Å². The van der Waals surface area contributed by atoms with Crippen LogP contribution in [-0.2, 0) is 4.74 Å². The number of thioether (sulfide) groups is 1. The number of anilines is 1. The second-order valence-corrected chi connectivity index (χ2v) is 6.61. The standard InChI is InChI=1S/C13H19N3O2S/c1-9-14-7-10(12(17)18-3)11(16-9)15-8-13(2)5-4-6-19-13/h7H,4-6,8H2,1-3H3,(H,14,15,16). The predicted octanol–water partition coefficient (Wildman–Crippen LogP) is 2.27. The van der Waals surface area contributed by atoms with Crippen molar-refractivity contribution in [1.82, 2.24) is 9.97 Å². The minimum Gasteiger partial charge on any atom is -0.465 e. The number of hydrogen-bond donors (Lipinski definition) is 1. The summed E-state index contributed by atoms with van der Waals surface area (Å²) in [6, 6.07) is 0. The van der Waals surface area contributed by atoms with Gasteiger partial charge in [-0.05, 0) is 32.4 Å². The van der Waals surface area contributed by atoms with Crippen molar-refractivity contribution in [2.45, 2.75) is 31.4 Å². The van der Waals surface area contributed by atoms with Gasteiger partial charge in [0.2, 0.25) is 0 Å². The third-order valence-corrected chi connectivity index (χ3v) is 4.78. The lowest BCUT2D eigenvalue weighted by Gasteiger charge is -2.23. The molecule has 2 heterocycles. The molecule has 5 nitrogen and oxygen atoms in total. The van der Waals surface area contributed by atoms with Crippen molar-refractivity contribution >= 4 is 23.5 Å². The molecule has 1 aromatic rings. The summed E-state index contributed by atoms with van der Waals surface area (Å²) in [4.78, 5) is 20.0. The molecule has 0 bridgehead atoms. The number of nitrogens with one attached hydrogen (secondary N) is 1. The molecule has 1 saturated heterocycles. The van der Waals surface area contributed by atoms with Crippen molar-refractivity contribution in [3.05, 3.63) is 17.6 Å². The number of rotatable bonds is 4. The first-order valence-corrected chi connectivity index (χ1v) is 7.32. The molecule has 1 unspecified atom stereocenters. The molecule has 0 aromatic carbocycles. The van der Waals surface area contributed by atoms with Gasteiger partial charge in [0.15, 0.2) is 0 Å². The maximum atomic E-state index is 11.7. The Balaban J connectivity index is 2.14. The Hall–Kier alpha value is -1.30. The summed E-state index contributed by atoms with van der Waals surface area (Å²) in [7, 11) is 1.36. The number of aromatic nitrogens is 2. The lowest BCUT2D eigenvalue weighted by Crippen LogP contribution is -2.28. The van der Waals surface area contributed by atoms with Gasteiger partial charge in [0.25, 0.3) is 0 Å². The first-order chi connectivity index (χ1) is 9.04. The van der Waals surface area contributed by atoms with Crippen LogP contribution in [0.3, 0.4) is 0 Å². The molecule has 1 aromatic heterocycles. The van der Waals surface area contributed by atoms with Crippen LogP contribution in [0.2, 0.25) is 0 Å². The Kier molecular flexibility index (Phi) is 4.29. The van der Waals surface area contributed by atoms with Crippen molar-refractivity contribution in [2.75, 3.05) is 24.7 Å². The molecule has 0 radical (unpaired) electrons. The summed E-state index contributed by atoms with van der Waals surface area (Å²) in [5.41, 5.74) is 0.389. The zero-order valence-corrected chi connectivity index (χ0v) is 12.3. The molecule has 1 N–H and O–H groups in total. The summed E-state index contributed by atoms with van der Waals surface area (Å²) < 4.78 is 4.96. The predicted molar refractivity (Wildman–Crippen MR) is 76.7 cm³/mol. The molecule has 1 aliphatic rings. The zero-order chi connectivity index (χ0) is 13.9. The van der Waals surface area contributed by atoms with Crippen LogP contribution < -0.4 is 5.32 Å². The molecule has 104 valence electrons. The van der Waals surface area contributed by atoms with Gasteiger partial charge in [0.1, 0.15) is 17.2 Å². The molecule has 1 fully saturated rings. The van der Waals surface area contributed by atoms with E-state index in [2.05, 4.69) is 22.2 Å². The number of aryl methyl sites for hydroxylation is 1. The molecule has 0 aliphatic carbocycles. The highest BCUT2D eigenvalue weighted by atomic mass is 32.2. The first kappa shape index (κ1) is 14.1. The highest BCUT2D eigenvalue weighted by Crippen LogP contribution is 2.37. The number of esters is 1. The number of carbonyl (C=O) groups is 1. The summed E-state index contributed by atoms with van der Waals surface area (Å²) in [6.07, 6.45) is 3.94. The van der Waals surface area contributed by atoms with Crippen molar-refractivity contribution in [1.29, 1.82) is 0 Å². The third kappa shape index (κ3) is 3.37. The quantitative estimate of drug-likeness (QED) is 0.854. The van der Waals surface area contributed by atoms with Crippen LogP contribution >= 0.6 is 11.8 Å². The van der Waals surface area contributed by atoms with Crippen LogP contribution in [0, 0.1) is 6.92 Å². The lowest BCUT2D eigenvalue weighted by molar-refractivity contribution is 0.0601. The van der Waals surface area contributed by atoms with Gasteiger partial charge in [-0.3, -0.25) is 0 Å². The molecule has 6 heteroatoms. The number of nitrogens with zero attached hydrogens (tertiary/aromatic N) is 2. The smallest absolute Gasteiger partial charge is 0.343 e. The number of hydrogen-bond acceptors (Lipinski definition) is 6. The molecule has 19 heavy (non-hydrogen) atoms. The van der Waals surface area contributed by atoms with E-state index in [9.17, 15) is 4.79 Å². The van der Waals surface area contributed by atoms with Gasteiger partial charge in [0.05, 0.1) is 7.11 Å². The van der Waals surface area contributed by atoms with E-state index in [1.54, 1.807) is 6.92 Å². The fourth-order valence-electron chi connectivity index (χ4n) is 2.11. The Bertz CT molecular complexity index is 473. The SMILES string of the molecule is COC(=O)c1cnc(C)nc1NCC1(C)CCCS1. The molecule has 0 spiro atoms. The largest absolute Gasteiger partial charge is 0.465 e. The van der Waals surface area contributed by atoms with Crippen LogP contribution in [0.1, 0.15) is 35.9 Å². The van der Waals surface area contributed by atoms with E-state index >= 15 is 0 Å². The van der Waals surface area contributed by atoms with Gasteiger partial charge in [-0.15, -0.1) is 0 Å². The van der Waals surface area contributed by atoms with E-state index in [0.717, 1.165) is 6.54 Å². The topological polar surface area (TPSA) is 64.1 Å². The fourth-order valence-corrected chi connectivity index (χ4v) is 3.36. The molecular weight excluding hydrogens is 262 g/mol. The molecule has 0 amide bonds. The highest BCUT2D eigenvalue weighted by Gasteiger charge is 2.29. The van der Waals surface area contributed by atoms with Crippen molar-refractivity contribution in [3.63, 3.8) is 0 Å². The van der Waals surface area contributed by atoms with Crippen molar-refractivity contribution in [2.24, 2.45) is 0 Å². The minimum atomic E-state index is -0.410. The zero-order valence-electron chi connectivity index (χ0n) is 11.5. The summed E-state index contributed by atoms with van der Waals surface area (Å²) in [6.45, 7) is 4.83. The monoisotopic (exact) mass is 281 g/mol. The van der Waals surface area contributed by atoms with E-state index in [4.69, 9.17) is 4.74 Å². The van der Waals surface area contributed by atoms with E-state index in [0.29, 0.717) is 17.2 Å². The molecule has 1 aliphatic heterocycles. The normalized spacial score (nSPS) is 22.3. The van der Waals surface area contributed by atoms with Crippen LogP contribution in [0.15, 0.2) is 6.20 Å². The van der Waals surface area contributed by atoms with Gasteiger partial charge in [-0.2, -0.15) is 11.8 Å². The Morgan fingerprint density at radius 1 is 1.63 bits per heavy atom. The van der Waals surface area contributed by atoms with E-state index in [1.807, 2.05) is 11.8 Å². The fraction of sp³-hybridized carbons (Fsp3) is 0.615. The minimum absolute atomic E-state index is 0.215. The summed E-state index contributed by atoms with van der Waals surface area (Å²) in [5, 5.41) is 3.28. The third-order valence-electron chi connectivity index (χ3n) is 3.24. The molecule has 0 saturated carbocycles. The van der Waals surface area contributed by atoms with E-state index < -0.39 is 5.97 Å². The Morgan fingerprint density at radius 2 is 2.42 bits per heavy atom. The van der Waals surface area contributed by atoms with Crippen LogP contribution in [-0.4, -0.2) is 40.1 Å². The van der Waals surface area contributed by atoms with Gasteiger partial charge >= 0.3 is 5.97 Å². The van der Waals surface area contributed by atoms with Gasteiger partial charge in [0, 0.05) is 17.5 Å². The van der Waals surface area contributed by atoms with Gasteiger partial charge < -0.3 is 10.1 Å². The maximum Gasteiger partial charge on any atom is 0.343 e. The molecule has 2 rings (SSSR count). The number of ether oxygens (including phenoxy) is 1. The lowest BCUT2D eigenvalue weighted by atomic mass is 10.1. The molecular formula is C13H19N3O2S. The summed E-state index contributed by atoms with van der Waals surface area (Å²) in [5.74, 6) is 1.99. The van der Waals surface area contributed by atoms with E-state index in [-0.39, 0.29) is 4.75 Å². The average Bonchev–Trinajstić information content (AvgIpc) is 2.83. The van der Waals surface area contributed by atoms with Crippen LogP contribution in [0.4, 0.5) is 5.82 Å². The van der Waals surface area contributed by atoms with Crippen molar-refractivity contribution in [3.8, 4) is 0 Å². The second kappa shape index (κ2) is 5.77. The summed E-state index contributed by atoms with van der Waals surface area (Å²) >= 11 is 1.97. The molecule has 1 atom stereocenters. The van der Waals surface area contributed by atoms with E-state index in [1.165, 1.54) is 31.9 Å². The Morgan fingerprint density at radius 3 is 3.05 bits per heavy atom. The highest BCUT2D eigenvalue weighted by molar-refractivity contribution is 8.00. The van der Waals surface area contributed by atoms with Gasteiger partial charge in [-0.25, -0.2) is 14.8 Å². The first-order valence-electron chi connectivity index (χ1n) is 6.34. The van der Waals surface area contributed by atoms with Gasteiger partial charge in [-0.1, -0.05) is 0 Å². The van der Waals surface area contributed by atoms with Crippen LogP contribution in [0.5, 0.6) is 0 Å². The number of carbonyl (C=O) groups excluding carboxylic acids is 1. The second-order valence-electron chi connectivity index (χ2n) is 4.93. The maximum absolute atomic E-state index is 11.7. The Labute approximate surface area is 117 Å². The number of methoxy groups -OCH3 is 1. The average molecular weight is 281 g/mol. The van der Waals surface area contributed by atoms with Crippen molar-refractivity contribution < 1.29 is 9.53 Å².